The summed E-state index contributed by atoms with van der Waals surface area (Å²) >= 11 is 1.92. The summed E-state index contributed by atoms with van der Waals surface area (Å²) in [7, 11) is 0. The molecule has 5 rings (SSSR count). The molecule has 28 heavy (non-hydrogen) atoms. The Kier molecular flexibility index (Phi) is 4.74. The number of aryl methyl sites for hydroxylation is 1. The molecule has 0 fully saturated rings. The first-order chi connectivity index (χ1) is 13.8. The van der Waals surface area contributed by atoms with E-state index in [1.807, 2.05) is 11.8 Å². The Hall–Kier alpha value is -2.45. The summed E-state index contributed by atoms with van der Waals surface area (Å²) in [6.45, 7) is 2.25. The topological polar surface area (TPSA) is 12.0 Å². The monoisotopic (exact) mass is 383 g/mol. The molecule has 3 aromatic carbocycles. The van der Waals surface area contributed by atoms with Crippen molar-refractivity contribution < 1.29 is 0 Å². The molecule has 1 N–H and O–H groups in total. The standard InChI is InChI=1S/C26H25NS/c1-18-15-19(17-28-21-11-6-3-7-12-21)16-24-22-13-8-14-23(22)26(27-25(18)24)20-9-4-2-5-10-20/h2-13,15-16,22-23,26-27H,14,17H2,1H3/t22-,23+,26+/m0/s1. The van der Waals surface area contributed by atoms with E-state index < -0.39 is 0 Å². The van der Waals surface area contributed by atoms with Crippen LogP contribution in [0.5, 0.6) is 0 Å². The van der Waals surface area contributed by atoms with Gasteiger partial charge in [0.05, 0.1) is 6.04 Å². The molecule has 3 aromatic rings. The normalized spacial score (nSPS) is 22.4. The van der Waals surface area contributed by atoms with Crippen LogP contribution in [0, 0.1) is 12.8 Å². The van der Waals surface area contributed by atoms with Crippen LogP contribution in [0.2, 0.25) is 0 Å². The van der Waals surface area contributed by atoms with Crippen LogP contribution in [-0.2, 0) is 5.75 Å². The highest BCUT2D eigenvalue weighted by Crippen LogP contribution is 2.51. The summed E-state index contributed by atoms with van der Waals surface area (Å²) in [4.78, 5) is 1.33. The molecule has 2 aliphatic rings. The van der Waals surface area contributed by atoms with E-state index in [0.717, 1.165) is 12.2 Å². The molecule has 0 radical (unpaired) electrons. The van der Waals surface area contributed by atoms with Crippen molar-refractivity contribution in [1.29, 1.82) is 0 Å². The highest BCUT2D eigenvalue weighted by atomic mass is 32.2. The van der Waals surface area contributed by atoms with Crippen molar-refractivity contribution >= 4 is 17.4 Å². The maximum Gasteiger partial charge on any atom is 0.0554 e. The quantitative estimate of drug-likeness (QED) is 0.380. The van der Waals surface area contributed by atoms with Gasteiger partial charge in [-0.3, -0.25) is 0 Å². The number of allylic oxidation sites excluding steroid dienone is 2. The van der Waals surface area contributed by atoms with Crippen LogP contribution in [0.15, 0.2) is 89.8 Å². The average Bonchev–Trinajstić information content (AvgIpc) is 3.24. The second-order valence-corrected chi connectivity index (χ2v) is 8.91. The van der Waals surface area contributed by atoms with Crippen LogP contribution >= 0.6 is 11.8 Å². The zero-order valence-corrected chi connectivity index (χ0v) is 17.0. The Labute approximate surface area is 171 Å². The lowest BCUT2D eigenvalue weighted by Gasteiger charge is -2.38. The molecule has 0 spiro atoms. The second-order valence-electron chi connectivity index (χ2n) is 7.86. The lowest BCUT2D eigenvalue weighted by molar-refractivity contribution is 0.425. The van der Waals surface area contributed by atoms with E-state index in [-0.39, 0.29) is 0 Å². The summed E-state index contributed by atoms with van der Waals surface area (Å²) in [6, 6.07) is 26.8. The molecule has 140 valence electrons. The van der Waals surface area contributed by atoms with Crippen molar-refractivity contribution in [3.8, 4) is 0 Å². The van der Waals surface area contributed by atoms with Crippen molar-refractivity contribution in [2.75, 3.05) is 5.32 Å². The van der Waals surface area contributed by atoms with Crippen LogP contribution in [0.1, 0.15) is 40.6 Å². The Morgan fingerprint density at radius 2 is 1.71 bits per heavy atom. The summed E-state index contributed by atoms with van der Waals surface area (Å²) < 4.78 is 0. The fraction of sp³-hybridized carbons (Fsp3) is 0.231. The lowest BCUT2D eigenvalue weighted by Crippen LogP contribution is -2.29. The molecule has 1 nitrogen and oxygen atoms in total. The second kappa shape index (κ2) is 7.52. The summed E-state index contributed by atoms with van der Waals surface area (Å²) in [5.74, 6) is 2.13. The molecule has 1 aliphatic heterocycles. The molecule has 0 amide bonds. The molecule has 3 atom stereocenters. The number of hydrogen-bond donors (Lipinski definition) is 1. The zero-order chi connectivity index (χ0) is 18.9. The van der Waals surface area contributed by atoms with Gasteiger partial charge in [-0.25, -0.2) is 0 Å². The van der Waals surface area contributed by atoms with Crippen LogP contribution in [0.25, 0.3) is 0 Å². The van der Waals surface area contributed by atoms with Gasteiger partial charge in [-0.1, -0.05) is 72.8 Å². The van der Waals surface area contributed by atoms with Gasteiger partial charge >= 0.3 is 0 Å². The largest absolute Gasteiger partial charge is 0.377 e. The van der Waals surface area contributed by atoms with Gasteiger partial charge in [0.15, 0.2) is 0 Å². The van der Waals surface area contributed by atoms with Crippen molar-refractivity contribution in [1.82, 2.24) is 0 Å². The smallest absolute Gasteiger partial charge is 0.0554 e. The van der Waals surface area contributed by atoms with Gasteiger partial charge in [-0.2, -0.15) is 0 Å². The molecule has 1 aliphatic carbocycles. The SMILES string of the molecule is Cc1cc(CSc2ccccc2)cc2c1N[C@H](c1ccccc1)[C@@H]1CC=C[C@H]21. The van der Waals surface area contributed by atoms with Crippen molar-refractivity contribution in [2.24, 2.45) is 5.92 Å². The summed E-state index contributed by atoms with van der Waals surface area (Å²) in [6.07, 6.45) is 5.97. The first kappa shape index (κ1) is 17.6. The highest BCUT2D eigenvalue weighted by molar-refractivity contribution is 7.98. The van der Waals surface area contributed by atoms with Crippen LogP contribution in [0.3, 0.4) is 0 Å². The Bertz CT molecular complexity index is 994. The van der Waals surface area contributed by atoms with Crippen LogP contribution in [-0.4, -0.2) is 0 Å². The van der Waals surface area contributed by atoms with Gasteiger partial charge in [0.2, 0.25) is 0 Å². The Morgan fingerprint density at radius 3 is 2.50 bits per heavy atom. The minimum absolute atomic E-state index is 0.386. The number of nitrogens with one attached hydrogen (secondary N) is 1. The number of benzene rings is 3. The number of anilines is 1. The van der Waals surface area contributed by atoms with Gasteiger partial charge in [-0.15, -0.1) is 11.8 Å². The fourth-order valence-corrected chi connectivity index (χ4v) is 5.57. The minimum atomic E-state index is 0.386. The molecular weight excluding hydrogens is 358 g/mol. The van der Waals surface area contributed by atoms with E-state index in [1.165, 1.54) is 32.8 Å². The van der Waals surface area contributed by atoms with Crippen molar-refractivity contribution in [3.63, 3.8) is 0 Å². The number of fused-ring (bicyclic) bond motifs is 3. The van der Waals surface area contributed by atoms with Crippen molar-refractivity contribution in [2.45, 2.75) is 36.0 Å². The van der Waals surface area contributed by atoms with Gasteiger partial charge in [0.25, 0.3) is 0 Å². The van der Waals surface area contributed by atoms with Gasteiger partial charge in [-0.05, 0) is 53.6 Å². The van der Waals surface area contributed by atoms with E-state index in [1.54, 1.807) is 0 Å². The third-order valence-corrected chi connectivity index (χ3v) is 7.12. The fourth-order valence-electron chi connectivity index (χ4n) is 4.72. The molecule has 0 unspecified atom stereocenters. The number of thioether (sulfide) groups is 1. The summed E-state index contributed by atoms with van der Waals surface area (Å²) in [5.41, 5.74) is 7.00. The van der Waals surface area contributed by atoms with E-state index in [4.69, 9.17) is 0 Å². The van der Waals surface area contributed by atoms with E-state index in [0.29, 0.717) is 17.9 Å². The van der Waals surface area contributed by atoms with Gasteiger partial charge in [0.1, 0.15) is 0 Å². The molecule has 0 bridgehead atoms. The zero-order valence-electron chi connectivity index (χ0n) is 16.1. The average molecular weight is 384 g/mol. The molecular formula is C26H25NS. The van der Waals surface area contributed by atoms with Gasteiger partial charge < -0.3 is 5.32 Å². The maximum absolute atomic E-state index is 3.91. The van der Waals surface area contributed by atoms with Crippen LogP contribution < -0.4 is 5.32 Å². The molecule has 0 saturated heterocycles. The third kappa shape index (κ3) is 3.27. The predicted octanol–water partition coefficient (Wildman–Crippen LogP) is 7.11. The van der Waals surface area contributed by atoms with Crippen molar-refractivity contribution in [3.05, 3.63) is 107 Å². The highest BCUT2D eigenvalue weighted by Gasteiger charge is 2.38. The molecule has 1 heterocycles. The Morgan fingerprint density at radius 1 is 0.964 bits per heavy atom. The molecule has 2 heteroatoms. The van der Waals surface area contributed by atoms with E-state index >= 15 is 0 Å². The van der Waals surface area contributed by atoms with Crippen LogP contribution in [0.4, 0.5) is 5.69 Å². The maximum atomic E-state index is 3.91. The van der Waals surface area contributed by atoms with Gasteiger partial charge in [0, 0.05) is 22.3 Å². The summed E-state index contributed by atoms with van der Waals surface area (Å²) in [5, 5.41) is 3.91. The minimum Gasteiger partial charge on any atom is -0.377 e. The molecule has 0 aromatic heterocycles. The lowest BCUT2D eigenvalue weighted by atomic mass is 9.76. The predicted molar refractivity (Wildman–Crippen MR) is 120 cm³/mol. The third-order valence-electron chi connectivity index (χ3n) is 6.03. The Balaban J connectivity index is 1.46. The first-order valence-corrected chi connectivity index (χ1v) is 11.1. The van der Waals surface area contributed by atoms with E-state index in [2.05, 4.69) is 97.2 Å². The number of hydrogen-bond acceptors (Lipinski definition) is 2. The number of rotatable bonds is 4. The molecule has 0 saturated carbocycles. The van der Waals surface area contributed by atoms with E-state index in [9.17, 15) is 0 Å². The first-order valence-electron chi connectivity index (χ1n) is 10.1.